The van der Waals surface area contributed by atoms with Crippen molar-refractivity contribution in [1.29, 1.82) is 0 Å². The highest BCUT2D eigenvalue weighted by Gasteiger charge is 2.68. The fourth-order valence-corrected chi connectivity index (χ4v) is 5.36. The summed E-state index contributed by atoms with van der Waals surface area (Å²) in [5.41, 5.74) is 1.92. The van der Waals surface area contributed by atoms with Crippen LogP contribution in [0.3, 0.4) is 0 Å². The molecule has 0 aliphatic heterocycles. The maximum absolute atomic E-state index is 12.2. The lowest BCUT2D eigenvalue weighted by atomic mass is 9.32. The second-order valence-electron chi connectivity index (χ2n) is 10.7. The van der Waals surface area contributed by atoms with E-state index in [-0.39, 0.29) is 23.4 Å². The van der Waals surface area contributed by atoms with Crippen LogP contribution in [0.25, 0.3) is 0 Å². The van der Waals surface area contributed by atoms with E-state index >= 15 is 0 Å². The van der Waals surface area contributed by atoms with Crippen molar-refractivity contribution in [3.05, 3.63) is 71.3 Å². The summed E-state index contributed by atoms with van der Waals surface area (Å²) in [5, 5.41) is 12.2. The molecule has 0 radical (unpaired) electrons. The predicted molar refractivity (Wildman–Crippen MR) is 125 cm³/mol. The highest BCUT2D eigenvalue weighted by Crippen LogP contribution is 2.75. The molecule has 7 heteroatoms. The lowest BCUT2D eigenvalue weighted by Gasteiger charge is -2.72. The number of carbonyl (C=O) groups is 3. The van der Waals surface area contributed by atoms with Crippen molar-refractivity contribution in [2.24, 2.45) is 5.41 Å². The van der Waals surface area contributed by atoms with Gasteiger partial charge in [0, 0.05) is 0 Å². The third-order valence-corrected chi connectivity index (χ3v) is 6.71. The summed E-state index contributed by atoms with van der Waals surface area (Å²) in [4.78, 5) is 36.2. The first-order valence-corrected chi connectivity index (χ1v) is 11.5. The van der Waals surface area contributed by atoms with E-state index < -0.39 is 23.7 Å². The molecule has 3 fully saturated rings. The predicted octanol–water partition coefficient (Wildman–Crippen LogP) is 4.83. The molecule has 0 spiro atoms. The molecule has 0 saturated heterocycles. The number of rotatable bonds is 8. The molecule has 1 atom stereocenters. The molecular formula is C27H31NO6. The zero-order valence-corrected chi connectivity index (χ0v) is 19.8. The molecule has 0 heterocycles. The molecule has 3 saturated carbocycles. The number of nitrogens with one attached hydrogen (secondary N) is 1. The Kier molecular flexibility index (Phi) is 6.14. The Morgan fingerprint density at radius 1 is 1.00 bits per heavy atom. The minimum Gasteiger partial charge on any atom is -0.480 e. The summed E-state index contributed by atoms with van der Waals surface area (Å²) in [5.74, 6) is -1.40. The molecule has 2 aromatic rings. The van der Waals surface area contributed by atoms with Crippen LogP contribution in [0, 0.1) is 5.41 Å². The standard InChI is InChI=1S/C27H31NO6/c1-25(2,3)34-23(31)19-9-11-20(12-10-19)27-15-26(16-27,17-27)13-21(22(29)30)28-24(32)33-14-18-7-5-4-6-8-18/h4-12,21H,13-17H2,1-3H3,(H,28,32)(H,29,30)/t21-,26?,27?/m0/s1. The average Bonchev–Trinajstić information content (AvgIpc) is 2.72. The van der Waals surface area contributed by atoms with Crippen LogP contribution >= 0.6 is 0 Å². The Balaban J connectivity index is 1.29. The van der Waals surface area contributed by atoms with Crippen molar-refractivity contribution >= 4 is 18.0 Å². The van der Waals surface area contributed by atoms with E-state index in [0.29, 0.717) is 12.0 Å². The molecule has 3 aliphatic carbocycles. The Hall–Kier alpha value is -3.35. The molecule has 7 nitrogen and oxygen atoms in total. The van der Waals surface area contributed by atoms with E-state index in [9.17, 15) is 19.5 Å². The molecule has 0 unspecified atom stereocenters. The quantitative estimate of drug-likeness (QED) is 0.541. The zero-order valence-electron chi connectivity index (χ0n) is 19.8. The highest BCUT2D eigenvalue weighted by atomic mass is 16.6. The summed E-state index contributed by atoms with van der Waals surface area (Å²) >= 11 is 0. The molecule has 34 heavy (non-hydrogen) atoms. The fraction of sp³-hybridized carbons (Fsp3) is 0.444. The molecule has 1 amide bonds. The van der Waals surface area contributed by atoms with Gasteiger partial charge in [-0.15, -0.1) is 0 Å². The Bertz CT molecular complexity index is 1050. The van der Waals surface area contributed by atoms with E-state index in [1.165, 1.54) is 0 Å². The third-order valence-electron chi connectivity index (χ3n) is 6.71. The molecule has 2 bridgehead atoms. The largest absolute Gasteiger partial charge is 0.480 e. The second kappa shape index (κ2) is 8.78. The summed E-state index contributed by atoms with van der Waals surface area (Å²) in [6, 6.07) is 15.8. The first-order valence-electron chi connectivity index (χ1n) is 11.5. The van der Waals surface area contributed by atoms with Crippen molar-refractivity contribution in [1.82, 2.24) is 5.32 Å². The van der Waals surface area contributed by atoms with Crippen LogP contribution in [0.1, 0.15) is 67.9 Å². The molecular weight excluding hydrogens is 434 g/mol. The van der Waals surface area contributed by atoms with Crippen LogP contribution in [0.5, 0.6) is 0 Å². The van der Waals surface area contributed by atoms with Crippen LogP contribution in [-0.4, -0.2) is 34.8 Å². The first kappa shape index (κ1) is 23.8. The maximum Gasteiger partial charge on any atom is 0.408 e. The molecule has 2 N–H and O–H groups in total. The van der Waals surface area contributed by atoms with Crippen molar-refractivity contribution in [2.75, 3.05) is 0 Å². The topological polar surface area (TPSA) is 102 Å². The summed E-state index contributed by atoms with van der Waals surface area (Å²) in [6.45, 7) is 5.60. The van der Waals surface area contributed by atoms with Gasteiger partial charge in [0.1, 0.15) is 18.2 Å². The number of ether oxygens (including phenoxy) is 2. The fourth-order valence-electron chi connectivity index (χ4n) is 5.36. The minimum atomic E-state index is -1.06. The summed E-state index contributed by atoms with van der Waals surface area (Å²) in [6.07, 6.45) is 2.26. The molecule has 2 aromatic carbocycles. The highest BCUT2D eigenvalue weighted by molar-refractivity contribution is 5.89. The number of hydrogen-bond acceptors (Lipinski definition) is 5. The minimum absolute atomic E-state index is 0.0311. The van der Waals surface area contributed by atoms with Crippen LogP contribution < -0.4 is 5.32 Å². The van der Waals surface area contributed by atoms with E-state index in [1.54, 1.807) is 12.1 Å². The Labute approximate surface area is 199 Å². The Morgan fingerprint density at radius 3 is 2.18 bits per heavy atom. The number of hydrogen-bond donors (Lipinski definition) is 2. The van der Waals surface area contributed by atoms with E-state index in [1.807, 2.05) is 63.2 Å². The van der Waals surface area contributed by atoms with Crippen molar-refractivity contribution in [2.45, 2.75) is 70.1 Å². The van der Waals surface area contributed by atoms with Gasteiger partial charge in [-0.1, -0.05) is 42.5 Å². The van der Waals surface area contributed by atoms with Crippen molar-refractivity contribution in [3.63, 3.8) is 0 Å². The maximum atomic E-state index is 12.2. The van der Waals surface area contributed by atoms with Gasteiger partial charge in [-0.05, 0) is 80.5 Å². The van der Waals surface area contributed by atoms with Crippen LogP contribution in [0.2, 0.25) is 0 Å². The molecule has 0 aromatic heterocycles. The number of benzene rings is 2. The van der Waals surface area contributed by atoms with Gasteiger partial charge in [-0.2, -0.15) is 0 Å². The van der Waals surface area contributed by atoms with E-state index in [4.69, 9.17) is 9.47 Å². The SMILES string of the molecule is CC(C)(C)OC(=O)c1ccc(C23CC(C[C@H](NC(=O)OCc4ccccc4)C(=O)O)(C2)C3)cc1. The first-order chi connectivity index (χ1) is 16.0. The number of alkyl carbamates (subject to hydrolysis) is 1. The number of esters is 1. The summed E-state index contributed by atoms with van der Waals surface area (Å²) in [7, 11) is 0. The number of carboxylic acids is 1. The molecule has 3 aliphatic rings. The lowest BCUT2D eigenvalue weighted by molar-refractivity contribution is -0.162. The zero-order chi connectivity index (χ0) is 24.6. The third kappa shape index (κ3) is 5.08. The van der Waals surface area contributed by atoms with Gasteiger partial charge in [0.05, 0.1) is 5.56 Å². The van der Waals surface area contributed by atoms with Gasteiger partial charge >= 0.3 is 18.0 Å². The lowest BCUT2D eigenvalue weighted by Crippen LogP contribution is -2.66. The normalized spacial score (nSPS) is 23.6. The second-order valence-corrected chi connectivity index (χ2v) is 10.7. The van der Waals surface area contributed by atoms with Gasteiger partial charge in [0.15, 0.2) is 0 Å². The molecule has 180 valence electrons. The van der Waals surface area contributed by atoms with E-state index in [2.05, 4.69) is 5.32 Å². The van der Waals surface area contributed by atoms with Gasteiger partial charge in [-0.25, -0.2) is 14.4 Å². The smallest absolute Gasteiger partial charge is 0.408 e. The Morgan fingerprint density at radius 2 is 1.62 bits per heavy atom. The van der Waals surface area contributed by atoms with Gasteiger partial charge in [0.2, 0.25) is 0 Å². The summed E-state index contributed by atoms with van der Waals surface area (Å²) < 4.78 is 10.6. The van der Waals surface area contributed by atoms with Crippen LogP contribution in [-0.2, 0) is 26.3 Å². The average molecular weight is 466 g/mol. The monoisotopic (exact) mass is 465 g/mol. The van der Waals surface area contributed by atoms with Crippen LogP contribution in [0.4, 0.5) is 4.79 Å². The number of carboxylic acid groups (broad SMARTS) is 1. The van der Waals surface area contributed by atoms with Crippen molar-refractivity contribution < 1.29 is 29.0 Å². The molecule has 5 rings (SSSR count). The number of carbonyl (C=O) groups excluding carboxylic acids is 2. The van der Waals surface area contributed by atoms with Gasteiger partial charge in [-0.3, -0.25) is 0 Å². The van der Waals surface area contributed by atoms with E-state index in [0.717, 1.165) is 30.4 Å². The van der Waals surface area contributed by atoms with Gasteiger partial charge in [0.25, 0.3) is 0 Å². The van der Waals surface area contributed by atoms with Crippen molar-refractivity contribution in [3.8, 4) is 0 Å². The van der Waals surface area contributed by atoms with Crippen LogP contribution in [0.15, 0.2) is 54.6 Å². The number of aliphatic carboxylic acids is 1. The number of amides is 1. The van der Waals surface area contributed by atoms with Gasteiger partial charge < -0.3 is 19.9 Å².